The van der Waals surface area contributed by atoms with E-state index in [4.69, 9.17) is 9.47 Å². The summed E-state index contributed by atoms with van der Waals surface area (Å²) < 4.78 is 11.5. The average molecular weight is 469 g/mol. The van der Waals surface area contributed by atoms with Gasteiger partial charge in [0.25, 0.3) is 0 Å². The van der Waals surface area contributed by atoms with Crippen LogP contribution < -0.4 is 9.47 Å². The molecule has 0 unspecified atom stereocenters. The van der Waals surface area contributed by atoms with Gasteiger partial charge in [-0.05, 0) is 98.2 Å². The molecule has 0 aliphatic heterocycles. The number of ether oxygens (including phenoxy) is 2. The topological polar surface area (TPSA) is 83.6 Å². The predicted octanol–water partition coefficient (Wildman–Crippen LogP) is 7.44. The van der Waals surface area contributed by atoms with Crippen molar-refractivity contribution < 1.29 is 19.9 Å². The largest absolute Gasteiger partial charge is 0.494 e. The van der Waals surface area contributed by atoms with Gasteiger partial charge >= 0.3 is 0 Å². The van der Waals surface area contributed by atoms with E-state index < -0.39 is 0 Å². The Morgan fingerprint density at radius 3 is 1.29 bits per heavy atom. The molecule has 2 aromatic rings. The van der Waals surface area contributed by atoms with E-state index in [1.165, 1.54) is 25.7 Å². The molecule has 0 atom stereocenters. The summed E-state index contributed by atoms with van der Waals surface area (Å²) in [7, 11) is 0. The zero-order valence-corrected chi connectivity index (χ0v) is 20.7. The number of oxime groups is 2. The molecule has 0 aromatic heterocycles. The molecule has 0 amide bonds. The van der Waals surface area contributed by atoms with Gasteiger partial charge in [-0.1, -0.05) is 49.8 Å². The quantitative estimate of drug-likeness (QED) is 0.109. The zero-order chi connectivity index (χ0) is 24.4. The van der Waals surface area contributed by atoms with Crippen LogP contribution in [0.3, 0.4) is 0 Å². The standard InChI is InChI=1S/C28H40N2O4/c1-3-5-9-21-33-25-17-13-23(14-18-25)27(29-31)11-7-8-12-28(30-32)24-15-19-26(20-16-24)34-22-10-6-4-2/h13-20,31-32H,3-12,21-22H2,1-2H3/b29-27+,30-28+. The van der Waals surface area contributed by atoms with Crippen molar-refractivity contribution in [1.29, 1.82) is 0 Å². The number of hydrogen-bond acceptors (Lipinski definition) is 6. The summed E-state index contributed by atoms with van der Waals surface area (Å²) in [5, 5.41) is 26.0. The number of benzene rings is 2. The minimum Gasteiger partial charge on any atom is -0.494 e. The fraction of sp³-hybridized carbons (Fsp3) is 0.500. The average Bonchev–Trinajstić information content (AvgIpc) is 2.88. The van der Waals surface area contributed by atoms with Crippen molar-refractivity contribution in [2.45, 2.75) is 78.1 Å². The molecular weight excluding hydrogens is 428 g/mol. The van der Waals surface area contributed by atoms with Crippen molar-refractivity contribution >= 4 is 11.4 Å². The number of hydrogen-bond donors (Lipinski definition) is 2. The van der Waals surface area contributed by atoms with Gasteiger partial charge in [0, 0.05) is 0 Å². The predicted molar refractivity (Wildman–Crippen MR) is 138 cm³/mol. The van der Waals surface area contributed by atoms with Crippen molar-refractivity contribution in [3.8, 4) is 11.5 Å². The SMILES string of the molecule is CCCCCOc1ccc(/C(CCCC/C(=N\O)c2ccc(OCCCCC)cc2)=N/O)cc1. The summed E-state index contributed by atoms with van der Waals surface area (Å²) in [6.07, 6.45) is 9.68. The molecule has 0 bridgehead atoms. The fourth-order valence-electron chi connectivity index (χ4n) is 3.66. The lowest BCUT2D eigenvalue weighted by atomic mass is 10.0. The van der Waals surface area contributed by atoms with E-state index in [-0.39, 0.29) is 0 Å². The molecule has 6 heteroatoms. The summed E-state index contributed by atoms with van der Waals surface area (Å²) in [5.74, 6) is 1.66. The Balaban J connectivity index is 1.77. The Labute approximate surface area is 204 Å². The van der Waals surface area contributed by atoms with Crippen molar-refractivity contribution in [2.75, 3.05) is 13.2 Å². The highest BCUT2D eigenvalue weighted by Gasteiger charge is 2.08. The van der Waals surface area contributed by atoms with Crippen LogP contribution >= 0.6 is 0 Å². The van der Waals surface area contributed by atoms with Gasteiger partial charge in [-0.3, -0.25) is 0 Å². The van der Waals surface area contributed by atoms with Crippen LogP contribution in [0, 0.1) is 0 Å². The first-order valence-electron chi connectivity index (χ1n) is 12.6. The smallest absolute Gasteiger partial charge is 0.119 e. The first-order chi connectivity index (χ1) is 16.7. The third kappa shape index (κ3) is 9.86. The second-order valence-corrected chi connectivity index (χ2v) is 8.46. The number of nitrogens with zero attached hydrogens (tertiary/aromatic N) is 2. The highest BCUT2D eigenvalue weighted by atomic mass is 16.5. The Morgan fingerprint density at radius 1 is 0.588 bits per heavy atom. The Morgan fingerprint density at radius 2 is 0.971 bits per heavy atom. The Bertz CT molecular complexity index is 787. The molecule has 0 fully saturated rings. The van der Waals surface area contributed by atoms with Crippen LogP contribution in [0.4, 0.5) is 0 Å². The van der Waals surface area contributed by atoms with E-state index in [2.05, 4.69) is 24.2 Å². The summed E-state index contributed by atoms with van der Waals surface area (Å²) in [6, 6.07) is 15.4. The molecule has 2 aromatic carbocycles. The maximum atomic E-state index is 9.48. The fourth-order valence-corrected chi connectivity index (χ4v) is 3.66. The van der Waals surface area contributed by atoms with E-state index in [9.17, 15) is 10.4 Å². The highest BCUT2D eigenvalue weighted by molar-refractivity contribution is 6.01. The van der Waals surface area contributed by atoms with E-state index in [0.29, 0.717) is 24.3 Å². The van der Waals surface area contributed by atoms with E-state index in [0.717, 1.165) is 61.5 Å². The molecule has 34 heavy (non-hydrogen) atoms. The number of unbranched alkanes of at least 4 members (excludes halogenated alkanes) is 5. The minimum absolute atomic E-state index is 0.635. The molecule has 2 N–H and O–H groups in total. The Kier molecular flexibility index (Phi) is 13.3. The molecule has 6 nitrogen and oxygen atoms in total. The van der Waals surface area contributed by atoms with E-state index >= 15 is 0 Å². The van der Waals surface area contributed by atoms with Crippen LogP contribution in [0.1, 0.15) is 89.2 Å². The molecule has 0 radical (unpaired) electrons. The van der Waals surface area contributed by atoms with Crippen molar-refractivity contribution in [1.82, 2.24) is 0 Å². The lowest BCUT2D eigenvalue weighted by Gasteiger charge is -2.09. The maximum Gasteiger partial charge on any atom is 0.119 e. The third-order valence-corrected chi connectivity index (χ3v) is 5.73. The van der Waals surface area contributed by atoms with Gasteiger partial charge < -0.3 is 19.9 Å². The maximum absolute atomic E-state index is 9.48. The highest BCUT2D eigenvalue weighted by Crippen LogP contribution is 2.18. The monoisotopic (exact) mass is 468 g/mol. The summed E-state index contributed by atoms with van der Waals surface area (Å²) >= 11 is 0. The lowest BCUT2D eigenvalue weighted by molar-refractivity contribution is 0.306. The van der Waals surface area contributed by atoms with Crippen LogP contribution in [0.25, 0.3) is 0 Å². The van der Waals surface area contributed by atoms with Crippen LogP contribution in [-0.2, 0) is 0 Å². The lowest BCUT2D eigenvalue weighted by Crippen LogP contribution is -2.05. The molecule has 0 saturated carbocycles. The molecule has 0 aliphatic rings. The summed E-state index contributed by atoms with van der Waals surface area (Å²) in [4.78, 5) is 0. The molecule has 0 saturated heterocycles. The third-order valence-electron chi connectivity index (χ3n) is 5.73. The van der Waals surface area contributed by atoms with Crippen LogP contribution in [0.5, 0.6) is 11.5 Å². The van der Waals surface area contributed by atoms with Gasteiger partial charge in [-0.2, -0.15) is 0 Å². The van der Waals surface area contributed by atoms with Crippen LogP contribution in [0.2, 0.25) is 0 Å². The molecule has 0 heterocycles. The van der Waals surface area contributed by atoms with E-state index in [1.807, 2.05) is 48.5 Å². The van der Waals surface area contributed by atoms with Gasteiger partial charge in [0.1, 0.15) is 11.5 Å². The first-order valence-corrected chi connectivity index (χ1v) is 12.6. The van der Waals surface area contributed by atoms with Gasteiger partial charge in [0.2, 0.25) is 0 Å². The number of rotatable bonds is 17. The van der Waals surface area contributed by atoms with Gasteiger partial charge in [0.05, 0.1) is 24.6 Å². The first kappa shape index (κ1) is 27.2. The van der Waals surface area contributed by atoms with Gasteiger partial charge in [-0.25, -0.2) is 0 Å². The summed E-state index contributed by atoms with van der Waals surface area (Å²) in [5.41, 5.74) is 3.05. The van der Waals surface area contributed by atoms with Gasteiger partial charge in [-0.15, -0.1) is 0 Å². The van der Waals surface area contributed by atoms with E-state index in [1.54, 1.807) is 0 Å². The van der Waals surface area contributed by atoms with Crippen LogP contribution in [0.15, 0.2) is 58.8 Å². The van der Waals surface area contributed by atoms with Crippen molar-refractivity contribution in [3.63, 3.8) is 0 Å². The van der Waals surface area contributed by atoms with Gasteiger partial charge in [0.15, 0.2) is 0 Å². The van der Waals surface area contributed by atoms with Crippen LogP contribution in [-0.4, -0.2) is 35.1 Å². The molecule has 2 rings (SSSR count). The normalized spacial score (nSPS) is 12.1. The Hall–Kier alpha value is -3.02. The van der Waals surface area contributed by atoms with Crippen molar-refractivity contribution in [2.24, 2.45) is 10.3 Å². The molecule has 0 spiro atoms. The molecule has 0 aliphatic carbocycles. The summed E-state index contributed by atoms with van der Waals surface area (Å²) in [6.45, 7) is 5.78. The minimum atomic E-state index is 0.635. The second kappa shape index (κ2) is 16.6. The molecule has 186 valence electrons. The molecular formula is C28H40N2O4. The zero-order valence-electron chi connectivity index (χ0n) is 20.7. The second-order valence-electron chi connectivity index (χ2n) is 8.46. The van der Waals surface area contributed by atoms with Crippen molar-refractivity contribution in [3.05, 3.63) is 59.7 Å².